The zero-order chi connectivity index (χ0) is 16.9. The van der Waals surface area contributed by atoms with E-state index in [0.29, 0.717) is 18.3 Å². The van der Waals surface area contributed by atoms with Crippen LogP contribution in [0.3, 0.4) is 0 Å². The average Bonchev–Trinajstić information content (AvgIpc) is 2.55. The Balaban J connectivity index is 1.72. The number of ether oxygens (including phenoxy) is 1. The molecule has 128 valence electrons. The van der Waals surface area contributed by atoms with Crippen LogP contribution < -0.4 is 4.74 Å². The Morgan fingerprint density at radius 3 is 2.65 bits per heavy atom. The van der Waals surface area contributed by atoms with Crippen molar-refractivity contribution in [2.24, 2.45) is 11.3 Å². The number of carbonyl (C=O) groups excluding carboxylic acids is 1. The number of halogens is 1. The topological polar surface area (TPSA) is 29.5 Å². The Bertz CT molecular complexity index is 522. The van der Waals surface area contributed by atoms with E-state index in [2.05, 4.69) is 6.92 Å². The van der Waals surface area contributed by atoms with E-state index < -0.39 is 0 Å². The number of hydrogen-bond donors (Lipinski definition) is 0. The highest BCUT2D eigenvalue weighted by molar-refractivity contribution is 5.81. The van der Waals surface area contributed by atoms with E-state index >= 15 is 0 Å². The highest BCUT2D eigenvalue weighted by Crippen LogP contribution is 2.27. The van der Waals surface area contributed by atoms with Crippen molar-refractivity contribution in [1.29, 1.82) is 0 Å². The van der Waals surface area contributed by atoms with E-state index in [4.69, 9.17) is 4.74 Å². The molecule has 0 radical (unpaired) electrons. The first-order valence-electron chi connectivity index (χ1n) is 8.60. The lowest BCUT2D eigenvalue weighted by molar-refractivity contribution is -0.142. The van der Waals surface area contributed by atoms with E-state index in [-0.39, 0.29) is 17.1 Å². The summed E-state index contributed by atoms with van der Waals surface area (Å²) in [5.74, 6) is 1.17. The number of piperidine rings is 1. The van der Waals surface area contributed by atoms with Crippen molar-refractivity contribution < 1.29 is 13.9 Å². The molecule has 1 fully saturated rings. The van der Waals surface area contributed by atoms with Crippen LogP contribution in [-0.4, -0.2) is 30.5 Å². The molecule has 1 aliphatic rings. The van der Waals surface area contributed by atoms with Gasteiger partial charge in [0.25, 0.3) is 0 Å². The summed E-state index contributed by atoms with van der Waals surface area (Å²) in [7, 11) is 0. The summed E-state index contributed by atoms with van der Waals surface area (Å²) in [6.45, 7) is 8.39. The molecule has 0 atom stereocenters. The minimum atomic E-state index is -0.271. The van der Waals surface area contributed by atoms with E-state index in [9.17, 15) is 9.18 Å². The number of nitrogens with zero attached hydrogens (tertiary/aromatic N) is 1. The molecule has 3 nitrogen and oxygen atoms in total. The van der Waals surface area contributed by atoms with Crippen molar-refractivity contribution in [3.63, 3.8) is 0 Å². The predicted octanol–water partition coefficient (Wildman–Crippen LogP) is 4.27. The lowest BCUT2D eigenvalue weighted by Gasteiger charge is -2.36. The van der Waals surface area contributed by atoms with Crippen LogP contribution in [-0.2, 0) is 4.79 Å². The van der Waals surface area contributed by atoms with Crippen molar-refractivity contribution >= 4 is 5.91 Å². The maximum absolute atomic E-state index is 13.1. The molecule has 1 amide bonds. The fourth-order valence-electron chi connectivity index (χ4n) is 2.90. The predicted molar refractivity (Wildman–Crippen MR) is 89.9 cm³/mol. The van der Waals surface area contributed by atoms with Crippen LogP contribution in [0, 0.1) is 17.2 Å². The summed E-state index contributed by atoms with van der Waals surface area (Å²) in [5, 5.41) is 0. The summed E-state index contributed by atoms with van der Waals surface area (Å²) in [5.41, 5.74) is -0.257. The minimum Gasteiger partial charge on any atom is -0.493 e. The second kappa shape index (κ2) is 7.80. The summed E-state index contributed by atoms with van der Waals surface area (Å²) in [4.78, 5) is 14.5. The molecule has 0 aliphatic carbocycles. The van der Waals surface area contributed by atoms with Crippen LogP contribution in [0.4, 0.5) is 4.39 Å². The molecule has 0 bridgehead atoms. The van der Waals surface area contributed by atoms with Gasteiger partial charge in [-0.1, -0.05) is 26.8 Å². The Morgan fingerprint density at radius 1 is 1.35 bits per heavy atom. The Kier molecular flexibility index (Phi) is 6.03. The molecule has 0 aromatic heterocycles. The lowest BCUT2D eigenvalue weighted by Crippen LogP contribution is -2.45. The molecule has 0 saturated carbocycles. The summed E-state index contributed by atoms with van der Waals surface area (Å²) in [6, 6.07) is 6.26. The van der Waals surface area contributed by atoms with Crippen LogP contribution in [0.25, 0.3) is 0 Å². The Hall–Kier alpha value is -1.58. The van der Waals surface area contributed by atoms with Crippen molar-refractivity contribution in [2.45, 2.75) is 46.5 Å². The molecule has 0 unspecified atom stereocenters. The van der Waals surface area contributed by atoms with Gasteiger partial charge < -0.3 is 9.64 Å². The molecule has 23 heavy (non-hydrogen) atoms. The number of likely N-dealkylation sites (tertiary alicyclic amines) is 1. The second-order valence-electron chi connectivity index (χ2n) is 7.07. The number of hydrogen-bond acceptors (Lipinski definition) is 2. The molecule has 2 rings (SSSR count). The molecule has 0 spiro atoms. The Labute approximate surface area is 138 Å². The number of amides is 1. The zero-order valence-electron chi connectivity index (χ0n) is 14.5. The molecule has 1 saturated heterocycles. The van der Waals surface area contributed by atoms with E-state index in [1.807, 2.05) is 18.7 Å². The average molecular weight is 321 g/mol. The maximum atomic E-state index is 13.1. The molecular weight excluding hydrogens is 293 g/mol. The Morgan fingerprint density at radius 2 is 2.04 bits per heavy atom. The summed E-state index contributed by atoms with van der Waals surface area (Å²) in [6.07, 6.45) is 3.87. The first-order chi connectivity index (χ1) is 10.9. The van der Waals surface area contributed by atoms with Gasteiger partial charge in [-0.25, -0.2) is 4.39 Å². The maximum Gasteiger partial charge on any atom is 0.228 e. The quantitative estimate of drug-likeness (QED) is 0.783. The molecule has 4 heteroatoms. The first-order valence-corrected chi connectivity index (χ1v) is 8.60. The fraction of sp³-hybridized carbons (Fsp3) is 0.632. The van der Waals surface area contributed by atoms with Crippen molar-refractivity contribution in [3.05, 3.63) is 30.1 Å². The van der Waals surface area contributed by atoms with Gasteiger partial charge in [0.2, 0.25) is 5.91 Å². The summed E-state index contributed by atoms with van der Waals surface area (Å²) < 4.78 is 18.7. The molecular formula is C19H28FNO2. The monoisotopic (exact) mass is 321 g/mol. The minimum absolute atomic E-state index is 0.257. The van der Waals surface area contributed by atoms with Gasteiger partial charge in [-0.05, 0) is 43.7 Å². The van der Waals surface area contributed by atoms with Crippen molar-refractivity contribution in [1.82, 2.24) is 4.90 Å². The molecule has 1 aliphatic heterocycles. The van der Waals surface area contributed by atoms with Gasteiger partial charge in [-0.15, -0.1) is 0 Å². The number of carbonyl (C=O) groups is 1. The molecule has 1 heterocycles. The third-order valence-electron chi connectivity index (χ3n) is 4.96. The zero-order valence-corrected chi connectivity index (χ0v) is 14.5. The van der Waals surface area contributed by atoms with Gasteiger partial charge in [-0.2, -0.15) is 0 Å². The molecule has 1 aromatic carbocycles. The van der Waals surface area contributed by atoms with Gasteiger partial charge in [-0.3, -0.25) is 4.79 Å². The standard InChI is InChI=1S/C19H28FNO2/c1-4-19(2,3)18(22)21-11-8-15(9-12-21)10-13-23-17-7-5-6-16(20)14-17/h5-7,14-15H,4,8-13H2,1-3H3. The number of rotatable bonds is 6. The normalized spacial score (nSPS) is 16.4. The van der Waals surface area contributed by atoms with Gasteiger partial charge in [0.15, 0.2) is 0 Å². The van der Waals surface area contributed by atoms with Crippen LogP contribution in [0.5, 0.6) is 5.75 Å². The molecule has 0 N–H and O–H groups in total. The van der Waals surface area contributed by atoms with Crippen LogP contribution in [0.2, 0.25) is 0 Å². The van der Waals surface area contributed by atoms with E-state index in [1.54, 1.807) is 12.1 Å². The lowest BCUT2D eigenvalue weighted by atomic mass is 9.86. The van der Waals surface area contributed by atoms with Crippen molar-refractivity contribution in [2.75, 3.05) is 19.7 Å². The SMILES string of the molecule is CCC(C)(C)C(=O)N1CCC(CCOc2cccc(F)c2)CC1. The fourth-order valence-corrected chi connectivity index (χ4v) is 2.90. The van der Waals surface area contributed by atoms with Crippen LogP contribution in [0.15, 0.2) is 24.3 Å². The van der Waals surface area contributed by atoms with Gasteiger partial charge >= 0.3 is 0 Å². The van der Waals surface area contributed by atoms with Gasteiger partial charge in [0.05, 0.1) is 6.61 Å². The van der Waals surface area contributed by atoms with E-state index in [1.165, 1.54) is 12.1 Å². The van der Waals surface area contributed by atoms with Gasteiger partial charge in [0.1, 0.15) is 11.6 Å². The summed E-state index contributed by atoms with van der Waals surface area (Å²) >= 11 is 0. The van der Waals surface area contributed by atoms with Crippen LogP contribution >= 0.6 is 0 Å². The third-order valence-corrected chi connectivity index (χ3v) is 4.96. The van der Waals surface area contributed by atoms with Crippen molar-refractivity contribution in [3.8, 4) is 5.75 Å². The molecule has 1 aromatic rings. The smallest absolute Gasteiger partial charge is 0.228 e. The highest BCUT2D eigenvalue weighted by Gasteiger charge is 2.32. The highest BCUT2D eigenvalue weighted by atomic mass is 19.1. The first kappa shape index (κ1) is 17.8. The van der Waals surface area contributed by atoms with Gasteiger partial charge in [0, 0.05) is 24.6 Å². The van der Waals surface area contributed by atoms with E-state index in [0.717, 1.165) is 38.8 Å². The van der Waals surface area contributed by atoms with Crippen LogP contribution in [0.1, 0.15) is 46.5 Å². The number of benzene rings is 1. The third kappa shape index (κ3) is 4.95. The largest absolute Gasteiger partial charge is 0.493 e. The second-order valence-corrected chi connectivity index (χ2v) is 7.07.